The highest BCUT2D eigenvalue weighted by molar-refractivity contribution is 5.91. The topological polar surface area (TPSA) is 93.1 Å². The third-order valence-corrected chi connectivity index (χ3v) is 5.39. The molecule has 6 nitrogen and oxygen atoms in total. The molecule has 6 heteroatoms. The van der Waals surface area contributed by atoms with Gasteiger partial charge in [0, 0.05) is 30.8 Å². The standard InChI is InChI=1S/C17H22O6/c1-7-5-10-13(8(2)16(20)23-10)15(19)14-12(7)11(22-9(3)18)6-17(14,4)21/h5,10-15,19,21H,2,6H2,1,3-4H3/t10-,11-,12-,13+,14-,15-,17+/m0/s1. The van der Waals surface area contributed by atoms with E-state index in [0.717, 1.165) is 5.57 Å². The van der Waals surface area contributed by atoms with Crippen molar-refractivity contribution < 1.29 is 29.3 Å². The summed E-state index contributed by atoms with van der Waals surface area (Å²) >= 11 is 0. The largest absolute Gasteiger partial charge is 0.462 e. The summed E-state index contributed by atoms with van der Waals surface area (Å²) in [5.74, 6) is -2.41. The van der Waals surface area contributed by atoms with E-state index in [2.05, 4.69) is 6.58 Å². The van der Waals surface area contributed by atoms with Crippen LogP contribution in [0.3, 0.4) is 0 Å². The molecule has 1 aliphatic heterocycles. The lowest BCUT2D eigenvalue weighted by Gasteiger charge is -2.35. The van der Waals surface area contributed by atoms with Crippen molar-refractivity contribution in [2.75, 3.05) is 0 Å². The molecule has 1 saturated heterocycles. The SMILES string of the molecule is C=C1C(=O)O[C@H]2C=C(C)[C@@H]3[C@@H]([C@@H](O)[C@H]12)[C@](C)(O)C[C@@H]3OC(C)=O. The quantitative estimate of drug-likeness (QED) is 0.420. The lowest BCUT2D eigenvalue weighted by molar-refractivity contribution is -0.148. The van der Waals surface area contributed by atoms with Crippen molar-refractivity contribution in [1.29, 1.82) is 0 Å². The van der Waals surface area contributed by atoms with Crippen molar-refractivity contribution in [2.45, 2.75) is 51.1 Å². The molecule has 2 aliphatic carbocycles. The zero-order valence-electron chi connectivity index (χ0n) is 13.5. The van der Waals surface area contributed by atoms with E-state index < -0.39 is 47.7 Å². The van der Waals surface area contributed by atoms with Crippen LogP contribution in [0.2, 0.25) is 0 Å². The Bertz CT molecular complexity index is 604. The molecule has 0 spiro atoms. The Hall–Kier alpha value is -1.66. The van der Waals surface area contributed by atoms with Crippen molar-refractivity contribution >= 4 is 11.9 Å². The van der Waals surface area contributed by atoms with Gasteiger partial charge in [-0.25, -0.2) is 4.79 Å². The molecule has 23 heavy (non-hydrogen) atoms. The van der Waals surface area contributed by atoms with Gasteiger partial charge in [-0.15, -0.1) is 0 Å². The van der Waals surface area contributed by atoms with Crippen LogP contribution in [0.5, 0.6) is 0 Å². The lowest BCUT2D eigenvalue weighted by atomic mass is 9.75. The summed E-state index contributed by atoms with van der Waals surface area (Å²) < 4.78 is 10.7. The Morgan fingerprint density at radius 3 is 2.74 bits per heavy atom. The third-order valence-electron chi connectivity index (χ3n) is 5.39. The summed E-state index contributed by atoms with van der Waals surface area (Å²) in [6, 6.07) is 0. The molecule has 0 radical (unpaired) electrons. The number of hydrogen-bond donors (Lipinski definition) is 2. The van der Waals surface area contributed by atoms with Crippen LogP contribution < -0.4 is 0 Å². The summed E-state index contributed by atoms with van der Waals surface area (Å²) in [6.45, 7) is 8.54. The predicted molar refractivity (Wildman–Crippen MR) is 80.0 cm³/mol. The Morgan fingerprint density at radius 2 is 2.13 bits per heavy atom. The Kier molecular flexibility index (Phi) is 3.65. The molecule has 0 aromatic rings. The molecule has 126 valence electrons. The zero-order valence-corrected chi connectivity index (χ0v) is 13.5. The predicted octanol–water partition coefficient (Wildman–Crippen LogP) is 0.724. The second kappa shape index (κ2) is 5.18. The van der Waals surface area contributed by atoms with E-state index in [-0.39, 0.29) is 17.9 Å². The number of carbonyl (C=O) groups excluding carboxylic acids is 2. The average Bonchev–Trinajstić information content (AvgIpc) is 2.77. The summed E-state index contributed by atoms with van der Waals surface area (Å²) in [5, 5.41) is 21.7. The third kappa shape index (κ3) is 2.40. The lowest BCUT2D eigenvalue weighted by Crippen LogP contribution is -2.45. The molecular formula is C17H22O6. The van der Waals surface area contributed by atoms with E-state index >= 15 is 0 Å². The molecule has 3 rings (SSSR count). The molecule has 3 aliphatic rings. The van der Waals surface area contributed by atoms with Gasteiger partial charge in [0.1, 0.15) is 12.2 Å². The maximum Gasteiger partial charge on any atom is 0.334 e. The molecular weight excluding hydrogens is 300 g/mol. The Morgan fingerprint density at radius 1 is 1.48 bits per heavy atom. The molecule has 0 unspecified atom stereocenters. The Labute approximate surface area is 134 Å². The van der Waals surface area contributed by atoms with Gasteiger partial charge in [-0.05, 0) is 19.9 Å². The maximum atomic E-state index is 11.8. The first kappa shape index (κ1) is 16.2. The van der Waals surface area contributed by atoms with Gasteiger partial charge in [-0.3, -0.25) is 4.79 Å². The van der Waals surface area contributed by atoms with Crippen LogP contribution in [-0.2, 0) is 19.1 Å². The summed E-state index contributed by atoms with van der Waals surface area (Å²) in [4.78, 5) is 23.2. The van der Waals surface area contributed by atoms with E-state index in [1.165, 1.54) is 6.92 Å². The van der Waals surface area contributed by atoms with Crippen molar-refractivity contribution in [1.82, 2.24) is 0 Å². The van der Waals surface area contributed by atoms with E-state index in [4.69, 9.17) is 9.47 Å². The van der Waals surface area contributed by atoms with E-state index in [1.807, 2.05) is 6.92 Å². The van der Waals surface area contributed by atoms with Crippen LogP contribution in [0.25, 0.3) is 0 Å². The van der Waals surface area contributed by atoms with Gasteiger partial charge >= 0.3 is 11.9 Å². The highest BCUT2D eigenvalue weighted by Crippen LogP contribution is 2.52. The minimum absolute atomic E-state index is 0.221. The molecule has 1 heterocycles. The minimum atomic E-state index is -1.22. The number of carbonyl (C=O) groups is 2. The summed E-state index contributed by atoms with van der Waals surface area (Å²) in [5.41, 5.74) is -0.160. The average molecular weight is 322 g/mol. The highest BCUT2D eigenvalue weighted by Gasteiger charge is 2.60. The number of rotatable bonds is 1. The van der Waals surface area contributed by atoms with Crippen LogP contribution in [0.4, 0.5) is 0 Å². The fraction of sp³-hybridized carbons (Fsp3) is 0.647. The smallest absolute Gasteiger partial charge is 0.334 e. The van der Waals surface area contributed by atoms with Gasteiger partial charge in [0.15, 0.2) is 0 Å². The van der Waals surface area contributed by atoms with Gasteiger partial charge in [0.25, 0.3) is 0 Å². The van der Waals surface area contributed by atoms with E-state index in [1.54, 1.807) is 13.0 Å². The van der Waals surface area contributed by atoms with Gasteiger partial charge in [-0.2, -0.15) is 0 Å². The monoisotopic (exact) mass is 322 g/mol. The van der Waals surface area contributed by atoms with Gasteiger partial charge in [0.05, 0.1) is 17.6 Å². The van der Waals surface area contributed by atoms with Crippen LogP contribution >= 0.6 is 0 Å². The second-order valence-corrected chi connectivity index (χ2v) is 7.08. The number of fused-ring (bicyclic) bond motifs is 2. The molecule has 0 aromatic heterocycles. The Balaban J connectivity index is 2.05. The van der Waals surface area contributed by atoms with E-state index in [9.17, 15) is 19.8 Å². The molecule has 2 N–H and O–H groups in total. The zero-order chi connectivity index (χ0) is 17.1. The molecule has 0 bridgehead atoms. The highest BCUT2D eigenvalue weighted by atomic mass is 16.6. The molecule has 7 atom stereocenters. The first-order valence-electron chi connectivity index (χ1n) is 7.79. The van der Waals surface area contributed by atoms with Crippen LogP contribution in [0.15, 0.2) is 23.8 Å². The normalized spacial score (nSPS) is 45.7. The number of hydrogen-bond acceptors (Lipinski definition) is 6. The van der Waals surface area contributed by atoms with Gasteiger partial charge in [0.2, 0.25) is 0 Å². The van der Waals surface area contributed by atoms with Crippen molar-refractivity contribution in [3.05, 3.63) is 23.8 Å². The fourth-order valence-electron chi connectivity index (χ4n) is 4.51. The molecule has 1 saturated carbocycles. The van der Waals surface area contributed by atoms with Crippen LogP contribution in [0, 0.1) is 17.8 Å². The first-order chi connectivity index (χ1) is 10.6. The maximum absolute atomic E-state index is 11.8. The van der Waals surface area contributed by atoms with Crippen molar-refractivity contribution in [3.63, 3.8) is 0 Å². The van der Waals surface area contributed by atoms with Gasteiger partial charge in [-0.1, -0.05) is 12.2 Å². The molecule has 0 amide bonds. The number of esters is 2. The van der Waals surface area contributed by atoms with E-state index in [0.29, 0.717) is 0 Å². The molecule has 0 aromatic carbocycles. The van der Waals surface area contributed by atoms with Crippen molar-refractivity contribution in [2.24, 2.45) is 17.8 Å². The first-order valence-corrected chi connectivity index (χ1v) is 7.79. The number of ether oxygens (including phenoxy) is 2. The summed E-state index contributed by atoms with van der Waals surface area (Å²) in [7, 11) is 0. The van der Waals surface area contributed by atoms with Crippen LogP contribution in [-0.4, -0.2) is 46.1 Å². The fourth-order valence-corrected chi connectivity index (χ4v) is 4.51. The minimum Gasteiger partial charge on any atom is -0.462 e. The number of aliphatic hydroxyl groups is 2. The van der Waals surface area contributed by atoms with Gasteiger partial charge < -0.3 is 19.7 Å². The second-order valence-electron chi connectivity index (χ2n) is 7.08. The summed E-state index contributed by atoms with van der Waals surface area (Å²) in [6.07, 6.45) is -0.0891. The molecule has 2 fully saturated rings. The van der Waals surface area contributed by atoms with Crippen LogP contribution in [0.1, 0.15) is 27.2 Å². The number of aliphatic hydroxyl groups excluding tert-OH is 1. The van der Waals surface area contributed by atoms with Crippen molar-refractivity contribution in [3.8, 4) is 0 Å².